The van der Waals surface area contributed by atoms with E-state index in [1.165, 1.54) is 0 Å². The fourth-order valence-corrected chi connectivity index (χ4v) is 1.88. The molecule has 0 aliphatic carbocycles. The zero-order valence-electron chi connectivity index (χ0n) is 9.19. The summed E-state index contributed by atoms with van der Waals surface area (Å²) in [7, 11) is 0. The lowest BCUT2D eigenvalue weighted by molar-refractivity contribution is 0.107. The fourth-order valence-electron chi connectivity index (χ4n) is 1.64. The van der Waals surface area contributed by atoms with E-state index in [0.717, 1.165) is 11.1 Å². The van der Waals surface area contributed by atoms with Gasteiger partial charge in [0.2, 0.25) is 0 Å². The maximum absolute atomic E-state index is 11.1. The van der Waals surface area contributed by atoms with E-state index in [4.69, 9.17) is 23.2 Å². The molecule has 0 amide bonds. The SMILES string of the molecule is O=C(Cl)c1cccc(-c2cccc(C(=O)Cl)c2)c1. The van der Waals surface area contributed by atoms with Crippen molar-refractivity contribution in [3.05, 3.63) is 59.7 Å². The van der Waals surface area contributed by atoms with Crippen LogP contribution in [0.5, 0.6) is 0 Å². The van der Waals surface area contributed by atoms with Crippen molar-refractivity contribution in [1.82, 2.24) is 0 Å². The van der Waals surface area contributed by atoms with Crippen molar-refractivity contribution in [3.63, 3.8) is 0 Å². The molecule has 0 fully saturated rings. The van der Waals surface area contributed by atoms with Gasteiger partial charge in [-0.3, -0.25) is 9.59 Å². The molecular weight excluding hydrogens is 271 g/mol. The summed E-state index contributed by atoms with van der Waals surface area (Å²) < 4.78 is 0. The molecule has 0 aliphatic rings. The molecule has 90 valence electrons. The first-order chi connectivity index (χ1) is 8.58. The Balaban J connectivity index is 2.48. The molecule has 0 saturated carbocycles. The molecule has 4 heteroatoms. The van der Waals surface area contributed by atoms with Crippen molar-refractivity contribution in [1.29, 1.82) is 0 Å². The summed E-state index contributed by atoms with van der Waals surface area (Å²) in [6.45, 7) is 0. The molecule has 2 rings (SSSR count). The van der Waals surface area contributed by atoms with Crippen molar-refractivity contribution in [2.75, 3.05) is 0 Å². The van der Waals surface area contributed by atoms with Gasteiger partial charge in [-0.2, -0.15) is 0 Å². The highest BCUT2D eigenvalue weighted by Gasteiger charge is 2.06. The quantitative estimate of drug-likeness (QED) is 0.792. The van der Waals surface area contributed by atoms with E-state index in [1.807, 2.05) is 12.1 Å². The van der Waals surface area contributed by atoms with Crippen molar-refractivity contribution >= 4 is 33.7 Å². The van der Waals surface area contributed by atoms with Gasteiger partial charge < -0.3 is 0 Å². The predicted molar refractivity (Wildman–Crippen MR) is 72.2 cm³/mol. The summed E-state index contributed by atoms with van der Waals surface area (Å²) in [5.41, 5.74) is 2.44. The highest BCUT2D eigenvalue weighted by Crippen LogP contribution is 2.22. The number of benzene rings is 2. The predicted octanol–water partition coefficient (Wildman–Crippen LogP) is 4.11. The Labute approximate surface area is 114 Å². The van der Waals surface area contributed by atoms with Gasteiger partial charge in [0.05, 0.1) is 0 Å². The van der Waals surface area contributed by atoms with E-state index in [1.54, 1.807) is 36.4 Å². The first kappa shape index (κ1) is 12.8. The van der Waals surface area contributed by atoms with Crippen LogP contribution in [0.3, 0.4) is 0 Å². The molecule has 0 heterocycles. The van der Waals surface area contributed by atoms with Gasteiger partial charge in [0.1, 0.15) is 0 Å². The van der Waals surface area contributed by atoms with E-state index < -0.39 is 10.5 Å². The van der Waals surface area contributed by atoms with Gasteiger partial charge in [-0.25, -0.2) is 0 Å². The summed E-state index contributed by atoms with van der Waals surface area (Å²) in [6, 6.07) is 13.8. The zero-order valence-corrected chi connectivity index (χ0v) is 10.7. The molecular formula is C14H8Cl2O2. The van der Waals surface area contributed by atoms with Gasteiger partial charge in [-0.05, 0) is 46.5 Å². The van der Waals surface area contributed by atoms with E-state index >= 15 is 0 Å². The van der Waals surface area contributed by atoms with Crippen LogP contribution in [0.25, 0.3) is 11.1 Å². The molecule has 0 N–H and O–H groups in total. The van der Waals surface area contributed by atoms with Crippen LogP contribution in [-0.4, -0.2) is 10.5 Å². The second-order valence-corrected chi connectivity index (χ2v) is 4.40. The summed E-state index contributed by atoms with van der Waals surface area (Å²) in [5, 5.41) is -1.03. The molecule has 0 saturated heterocycles. The fraction of sp³-hybridized carbons (Fsp3) is 0. The van der Waals surface area contributed by atoms with E-state index in [-0.39, 0.29) is 0 Å². The number of hydrogen-bond donors (Lipinski definition) is 0. The number of halogens is 2. The van der Waals surface area contributed by atoms with Crippen LogP contribution >= 0.6 is 23.2 Å². The molecule has 0 radical (unpaired) electrons. The molecule has 0 unspecified atom stereocenters. The van der Waals surface area contributed by atoms with Crippen LogP contribution < -0.4 is 0 Å². The standard InChI is InChI=1S/C14H8Cl2O2/c15-13(17)11-5-1-3-9(7-11)10-4-2-6-12(8-10)14(16)18/h1-8H. The lowest BCUT2D eigenvalue weighted by atomic mass is 10.0. The Bertz CT molecular complexity index is 565. The van der Waals surface area contributed by atoms with Crippen molar-refractivity contribution < 1.29 is 9.59 Å². The number of hydrogen-bond acceptors (Lipinski definition) is 2. The van der Waals surface area contributed by atoms with Gasteiger partial charge in [0.25, 0.3) is 10.5 Å². The average molecular weight is 279 g/mol. The Hall–Kier alpha value is -1.64. The largest absolute Gasteiger partial charge is 0.276 e. The second-order valence-electron chi connectivity index (χ2n) is 3.71. The lowest BCUT2D eigenvalue weighted by Gasteiger charge is -2.04. The van der Waals surface area contributed by atoms with Crippen LogP contribution in [0, 0.1) is 0 Å². The summed E-state index contributed by atoms with van der Waals surface area (Å²) in [4.78, 5) is 22.2. The molecule has 0 spiro atoms. The topological polar surface area (TPSA) is 34.1 Å². The molecule has 0 bridgehead atoms. The smallest absolute Gasteiger partial charge is 0.252 e. The highest BCUT2D eigenvalue weighted by atomic mass is 35.5. The monoisotopic (exact) mass is 278 g/mol. The molecule has 0 atom stereocenters. The Kier molecular flexibility index (Phi) is 3.80. The van der Waals surface area contributed by atoms with Crippen LogP contribution in [0.1, 0.15) is 20.7 Å². The van der Waals surface area contributed by atoms with Gasteiger partial charge in [-0.15, -0.1) is 0 Å². The molecule has 2 nitrogen and oxygen atoms in total. The first-order valence-electron chi connectivity index (χ1n) is 5.18. The van der Waals surface area contributed by atoms with Gasteiger partial charge in [-0.1, -0.05) is 36.4 Å². The first-order valence-corrected chi connectivity index (χ1v) is 5.93. The second kappa shape index (κ2) is 5.34. The molecule has 2 aromatic rings. The summed E-state index contributed by atoms with van der Waals surface area (Å²) in [5.74, 6) is 0. The Morgan fingerprint density at radius 1 is 0.722 bits per heavy atom. The molecule has 18 heavy (non-hydrogen) atoms. The minimum atomic E-state index is -0.513. The average Bonchev–Trinajstić information content (AvgIpc) is 2.39. The minimum absolute atomic E-state index is 0.414. The zero-order chi connectivity index (χ0) is 13.1. The van der Waals surface area contributed by atoms with Crippen molar-refractivity contribution in [2.45, 2.75) is 0 Å². The van der Waals surface area contributed by atoms with Gasteiger partial charge in [0, 0.05) is 11.1 Å². The maximum atomic E-state index is 11.1. The minimum Gasteiger partial charge on any atom is -0.276 e. The van der Waals surface area contributed by atoms with E-state index in [0.29, 0.717) is 11.1 Å². The van der Waals surface area contributed by atoms with E-state index in [9.17, 15) is 9.59 Å². The number of carbonyl (C=O) groups excluding carboxylic acids is 2. The summed E-state index contributed by atoms with van der Waals surface area (Å²) in [6.07, 6.45) is 0. The van der Waals surface area contributed by atoms with Gasteiger partial charge >= 0.3 is 0 Å². The summed E-state index contributed by atoms with van der Waals surface area (Å²) >= 11 is 10.9. The third-order valence-corrected chi connectivity index (χ3v) is 2.95. The highest BCUT2D eigenvalue weighted by molar-refractivity contribution is 6.68. The lowest BCUT2D eigenvalue weighted by Crippen LogP contribution is -1.91. The Morgan fingerprint density at radius 2 is 1.11 bits per heavy atom. The molecule has 0 aromatic heterocycles. The molecule has 0 aliphatic heterocycles. The third kappa shape index (κ3) is 2.78. The third-order valence-electron chi connectivity index (χ3n) is 2.51. The van der Waals surface area contributed by atoms with Gasteiger partial charge in [0.15, 0.2) is 0 Å². The number of carbonyl (C=O) groups is 2. The normalized spacial score (nSPS) is 10.1. The van der Waals surface area contributed by atoms with Crippen LogP contribution in [-0.2, 0) is 0 Å². The van der Waals surface area contributed by atoms with Crippen molar-refractivity contribution in [3.8, 4) is 11.1 Å². The van der Waals surface area contributed by atoms with Crippen molar-refractivity contribution in [2.24, 2.45) is 0 Å². The van der Waals surface area contributed by atoms with Crippen LogP contribution in [0.15, 0.2) is 48.5 Å². The number of rotatable bonds is 3. The van der Waals surface area contributed by atoms with Crippen LogP contribution in [0.2, 0.25) is 0 Å². The van der Waals surface area contributed by atoms with Crippen LogP contribution in [0.4, 0.5) is 0 Å². The maximum Gasteiger partial charge on any atom is 0.252 e. The Morgan fingerprint density at radius 3 is 1.44 bits per heavy atom. The molecule has 2 aromatic carbocycles. The van der Waals surface area contributed by atoms with E-state index in [2.05, 4.69) is 0 Å².